The van der Waals surface area contributed by atoms with E-state index in [1.165, 1.54) is 70.6 Å². The third-order valence-corrected chi connectivity index (χ3v) is 9.08. The first kappa shape index (κ1) is 51.3. The zero-order valence-corrected chi connectivity index (χ0v) is 34.8. The van der Waals surface area contributed by atoms with Gasteiger partial charge in [-0.3, -0.25) is 13.8 Å². The molecule has 8 nitrogen and oxygen atoms in total. The van der Waals surface area contributed by atoms with Crippen LogP contribution in [0.2, 0.25) is 0 Å². The van der Waals surface area contributed by atoms with Crippen molar-refractivity contribution >= 4 is 13.8 Å². The minimum atomic E-state index is -4.33. The summed E-state index contributed by atoms with van der Waals surface area (Å²) in [5.74, 6) is -0.448. The Morgan fingerprint density at radius 3 is 1.57 bits per heavy atom. The summed E-state index contributed by atoms with van der Waals surface area (Å²) >= 11 is 0. The summed E-state index contributed by atoms with van der Waals surface area (Å²) in [5, 5.41) is 0. The van der Waals surface area contributed by atoms with E-state index >= 15 is 0 Å². The monoisotopic (exact) mass is 774 g/mol. The lowest BCUT2D eigenvalue weighted by atomic mass is 10.1. The molecular formula is C45H76NO7P. The summed E-state index contributed by atoms with van der Waals surface area (Å²) in [5.41, 5.74) is 5.35. The van der Waals surface area contributed by atoms with Gasteiger partial charge >= 0.3 is 13.8 Å². The standard InChI is InChI=1S/C45H76NO7P/c1-3-5-7-9-11-13-15-17-19-21-22-23-24-26-28-30-32-34-36-38-45(47)53-44(43-52-54(48,49)51-41-39-46)42-50-40-37-35-33-31-29-27-25-20-18-16-14-12-10-8-6-4-2/h5,7,11,13,17,19,22-23,26,28,31-34,37,40,44H,3-4,6,8-10,12,14-16,18,20-21,24-25,27,29-30,35-36,38-39,41-43,46H2,1-2H3,(H,48,49). The Labute approximate surface area is 330 Å². The van der Waals surface area contributed by atoms with Gasteiger partial charge in [0.25, 0.3) is 0 Å². The zero-order valence-electron chi connectivity index (χ0n) is 33.9. The molecule has 0 aromatic heterocycles. The van der Waals surface area contributed by atoms with E-state index in [0.717, 1.165) is 51.4 Å². The number of hydrogen-bond donors (Lipinski definition) is 2. The van der Waals surface area contributed by atoms with Crippen molar-refractivity contribution in [3.63, 3.8) is 0 Å². The lowest BCUT2D eigenvalue weighted by Crippen LogP contribution is -2.27. The molecule has 0 bridgehead atoms. The van der Waals surface area contributed by atoms with Crippen LogP contribution in [0.4, 0.5) is 0 Å². The highest BCUT2D eigenvalue weighted by atomic mass is 31.2. The topological polar surface area (TPSA) is 117 Å². The fourth-order valence-corrected chi connectivity index (χ4v) is 5.86. The second-order valence-corrected chi connectivity index (χ2v) is 14.6. The maximum absolute atomic E-state index is 12.5. The van der Waals surface area contributed by atoms with Gasteiger partial charge in [-0.15, -0.1) is 0 Å². The van der Waals surface area contributed by atoms with Crippen molar-refractivity contribution < 1.29 is 32.8 Å². The Morgan fingerprint density at radius 2 is 1.06 bits per heavy atom. The number of unbranched alkanes of at least 4 members (excludes halogenated alkanes) is 11. The number of phosphoric acid groups is 1. The van der Waals surface area contributed by atoms with Crippen LogP contribution in [0.15, 0.2) is 97.4 Å². The van der Waals surface area contributed by atoms with Crippen molar-refractivity contribution in [2.45, 2.75) is 155 Å². The molecular weight excluding hydrogens is 697 g/mol. The molecule has 0 rings (SSSR count). The van der Waals surface area contributed by atoms with Gasteiger partial charge in [0.1, 0.15) is 6.61 Å². The van der Waals surface area contributed by atoms with Crippen LogP contribution in [0.3, 0.4) is 0 Å². The third-order valence-electron chi connectivity index (χ3n) is 8.09. The molecule has 0 aliphatic rings. The van der Waals surface area contributed by atoms with Gasteiger partial charge in [-0.2, -0.15) is 0 Å². The van der Waals surface area contributed by atoms with Gasteiger partial charge in [0.2, 0.25) is 0 Å². The number of rotatable bonds is 38. The average Bonchev–Trinajstić information content (AvgIpc) is 3.16. The van der Waals surface area contributed by atoms with Crippen molar-refractivity contribution in [3.8, 4) is 0 Å². The van der Waals surface area contributed by atoms with Crippen molar-refractivity contribution in [2.24, 2.45) is 5.73 Å². The number of carbonyl (C=O) groups is 1. The number of carbonyl (C=O) groups excluding carboxylic acids is 1. The molecule has 54 heavy (non-hydrogen) atoms. The minimum Gasteiger partial charge on any atom is -0.498 e. The van der Waals surface area contributed by atoms with E-state index in [-0.39, 0.29) is 32.8 Å². The van der Waals surface area contributed by atoms with Gasteiger partial charge in [0, 0.05) is 13.0 Å². The smallest absolute Gasteiger partial charge is 0.472 e. The van der Waals surface area contributed by atoms with E-state index in [0.29, 0.717) is 6.42 Å². The second kappa shape index (κ2) is 41.4. The average molecular weight is 774 g/mol. The number of phosphoric ester groups is 1. The summed E-state index contributed by atoms with van der Waals surface area (Å²) in [6.07, 6.45) is 55.4. The highest BCUT2D eigenvalue weighted by Gasteiger charge is 2.25. The highest BCUT2D eigenvalue weighted by Crippen LogP contribution is 2.43. The number of esters is 1. The van der Waals surface area contributed by atoms with E-state index in [1.54, 1.807) is 6.26 Å². The fraction of sp³-hybridized carbons (Fsp3) is 0.622. The molecule has 3 N–H and O–H groups in total. The van der Waals surface area contributed by atoms with Crippen LogP contribution in [-0.2, 0) is 27.9 Å². The molecule has 308 valence electrons. The molecule has 0 radical (unpaired) electrons. The first-order valence-corrected chi connectivity index (χ1v) is 22.3. The number of ether oxygens (including phenoxy) is 2. The quantitative estimate of drug-likeness (QED) is 0.0209. The molecule has 0 fully saturated rings. The molecule has 0 saturated carbocycles. The molecule has 2 atom stereocenters. The summed E-state index contributed by atoms with van der Waals surface area (Å²) in [4.78, 5) is 22.4. The lowest BCUT2D eigenvalue weighted by molar-refractivity contribution is -0.153. The molecule has 0 aliphatic heterocycles. The number of nitrogens with two attached hydrogens (primary N) is 1. The van der Waals surface area contributed by atoms with Crippen LogP contribution in [0, 0.1) is 0 Å². The van der Waals surface area contributed by atoms with Crippen LogP contribution >= 0.6 is 7.82 Å². The van der Waals surface area contributed by atoms with Gasteiger partial charge in [-0.25, -0.2) is 4.57 Å². The molecule has 0 amide bonds. The molecule has 0 aliphatic carbocycles. The van der Waals surface area contributed by atoms with Crippen molar-refractivity contribution in [1.82, 2.24) is 0 Å². The van der Waals surface area contributed by atoms with Gasteiger partial charge < -0.3 is 20.1 Å². The number of hydrogen-bond acceptors (Lipinski definition) is 7. The first-order valence-electron chi connectivity index (χ1n) is 20.8. The van der Waals surface area contributed by atoms with Crippen molar-refractivity contribution in [3.05, 3.63) is 97.4 Å². The Balaban J connectivity index is 4.31. The van der Waals surface area contributed by atoms with Crippen LogP contribution < -0.4 is 5.73 Å². The summed E-state index contributed by atoms with van der Waals surface area (Å²) in [6, 6.07) is 0. The Morgan fingerprint density at radius 1 is 0.593 bits per heavy atom. The van der Waals surface area contributed by atoms with Crippen LogP contribution in [0.1, 0.15) is 149 Å². The zero-order chi connectivity index (χ0) is 39.5. The fourth-order valence-electron chi connectivity index (χ4n) is 5.09. The Bertz CT molecular complexity index is 1140. The molecule has 2 unspecified atom stereocenters. The predicted molar refractivity (Wildman–Crippen MR) is 228 cm³/mol. The Hall–Kier alpha value is -2.74. The van der Waals surface area contributed by atoms with Crippen LogP contribution in [0.25, 0.3) is 0 Å². The van der Waals surface area contributed by atoms with Gasteiger partial charge in [-0.1, -0.05) is 163 Å². The van der Waals surface area contributed by atoms with E-state index in [4.69, 9.17) is 24.3 Å². The minimum absolute atomic E-state index is 0.0263. The molecule has 0 aromatic rings. The van der Waals surface area contributed by atoms with Gasteiger partial charge in [0.05, 0.1) is 19.5 Å². The first-order chi connectivity index (χ1) is 26.4. The van der Waals surface area contributed by atoms with Crippen molar-refractivity contribution in [2.75, 3.05) is 26.4 Å². The highest BCUT2D eigenvalue weighted by molar-refractivity contribution is 7.47. The molecule has 0 aromatic carbocycles. The van der Waals surface area contributed by atoms with Crippen LogP contribution in [0.5, 0.6) is 0 Å². The molecule has 0 heterocycles. The van der Waals surface area contributed by atoms with E-state index < -0.39 is 19.9 Å². The van der Waals surface area contributed by atoms with E-state index in [9.17, 15) is 14.3 Å². The molecule has 0 saturated heterocycles. The summed E-state index contributed by atoms with van der Waals surface area (Å²) in [6.45, 7) is 3.97. The molecule has 9 heteroatoms. The van der Waals surface area contributed by atoms with Crippen molar-refractivity contribution in [1.29, 1.82) is 0 Å². The SMILES string of the molecule is CCC=CCC=CCC=CCC=CCC=CCC=CCCC(=O)OC(COC=CCC=CCCCCCCCCCCCCC)COP(=O)(O)OCCN. The maximum atomic E-state index is 12.5. The third kappa shape index (κ3) is 40.4. The van der Waals surface area contributed by atoms with Crippen LogP contribution in [-0.4, -0.2) is 43.3 Å². The lowest BCUT2D eigenvalue weighted by Gasteiger charge is -2.19. The Kier molecular flexibility index (Phi) is 39.3. The van der Waals surface area contributed by atoms with E-state index in [2.05, 4.69) is 86.8 Å². The van der Waals surface area contributed by atoms with E-state index in [1.807, 2.05) is 18.2 Å². The maximum Gasteiger partial charge on any atom is 0.472 e. The normalized spacial score (nSPS) is 14.4. The van der Waals surface area contributed by atoms with Gasteiger partial charge in [-0.05, 0) is 70.3 Å². The largest absolute Gasteiger partial charge is 0.498 e. The summed E-state index contributed by atoms with van der Waals surface area (Å²) < 4.78 is 33.0. The number of allylic oxidation sites excluding steroid dienone is 15. The second-order valence-electron chi connectivity index (χ2n) is 13.2. The summed E-state index contributed by atoms with van der Waals surface area (Å²) in [7, 11) is -4.33. The molecule has 0 spiro atoms. The van der Waals surface area contributed by atoms with Gasteiger partial charge in [0.15, 0.2) is 6.10 Å². The predicted octanol–water partition coefficient (Wildman–Crippen LogP) is 12.6.